The predicted molar refractivity (Wildman–Crippen MR) is 119 cm³/mol. The van der Waals surface area contributed by atoms with Gasteiger partial charge in [0.2, 0.25) is 11.8 Å². The Morgan fingerprint density at radius 3 is 2.16 bits per heavy atom. The molecule has 164 valence electrons. The number of anilines is 1. The smallest absolute Gasteiger partial charge is 0.248 e. The van der Waals surface area contributed by atoms with Crippen molar-refractivity contribution in [3.05, 3.63) is 53.6 Å². The van der Waals surface area contributed by atoms with Gasteiger partial charge in [0.1, 0.15) is 17.2 Å². The van der Waals surface area contributed by atoms with Crippen molar-refractivity contribution < 1.29 is 23.8 Å². The minimum absolute atomic E-state index is 0.122. The zero-order chi connectivity index (χ0) is 22.4. The van der Waals surface area contributed by atoms with Gasteiger partial charge in [0.25, 0.3) is 0 Å². The molecule has 3 N–H and O–H groups in total. The highest BCUT2D eigenvalue weighted by atomic mass is 16.5. The Morgan fingerprint density at radius 1 is 1.03 bits per heavy atom. The van der Waals surface area contributed by atoms with Crippen molar-refractivity contribution >= 4 is 23.1 Å². The maximum absolute atomic E-state index is 12.4. The number of benzene rings is 2. The average molecular weight is 425 g/mol. The number of nitrogens with one attached hydrogen (secondary N) is 1. The molecule has 0 unspecified atom stereocenters. The molecule has 1 aliphatic heterocycles. The van der Waals surface area contributed by atoms with Crippen molar-refractivity contribution in [2.45, 2.75) is 6.42 Å². The van der Waals surface area contributed by atoms with Crippen LogP contribution in [0, 0.1) is 0 Å². The van der Waals surface area contributed by atoms with Crippen molar-refractivity contribution in [1.82, 2.24) is 4.90 Å². The van der Waals surface area contributed by atoms with Gasteiger partial charge in [-0.2, -0.15) is 0 Å². The van der Waals surface area contributed by atoms with E-state index in [0.717, 1.165) is 24.1 Å². The minimum Gasteiger partial charge on any atom is -0.496 e. The lowest BCUT2D eigenvalue weighted by atomic mass is 9.97. The summed E-state index contributed by atoms with van der Waals surface area (Å²) in [6.45, 7) is 1.61. The van der Waals surface area contributed by atoms with Gasteiger partial charge in [-0.15, -0.1) is 0 Å². The first-order valence-corrected chi connectivity index (χ1v) is 9.86. The van der Waals surface area contributed by atoms with Gasteiger partial charge in [-0.25, -0.2) is 0 Å². The van der Waals surface area contributed by atoms with Gasteiger partial charge in [-0.05, 0) is 36.3 Å². The Bertz CT molecular complexity index is 960. The molecule has 1 heterocycles. The number of amides is 2. The lowest BCUT2D eigenvalue weighted by Crippen LogP contribution is -2.36. The van der Waals surface area contributed by atoms with Crippen LogP contribution < -0.4 is 25.3 Å². The molecule has 1 aliphatic rings. The molecule has 0 bridgehead atoms. The number of nitrogens with two attached hydrogens (primary N) is 1. The second-order valence-electron chi connectivity index (χ2n) is 7.11. The fraction of sp³-hybridized carbons (Fsp3) is 0.304. The Balaban J connectivity index is 1.65. The summed E-state index contributed by atoms with van der Waals surface area (Å²) in [6.07, 6.45) is 2.84. The van der Waals surface area contributed by atoms with E-state index in [4.69, 9.17) is 19.9 Å². The highest BCUT2D eigenvalue weighted by Crippen LogP contribution is 2.40. The Kier molecular flexibility index (Phi) is 7.15. The number of rotatable bonds is 8. The van der Waals surface area contributed by atoms with E-state index in [1.54, 1.807) is 45.6 Å². The first-order valence-electron chi connectivity index (χ1n) is 9.86. The van der Waals surface area contributed by atoms with Crippen LogP contribution in [0.3, 0.4) is 0 Å². The fourth-order valence-electron chi connectivity index (χ4n) is 3.53. The molecule has 2 aromatic carbocycles. The number of ether oxygens (including phenoxy) is 3. The maximum Gasteiger partial charge on any atom is 0.248 e. The zero-order valence-corrected chi connectivity index (χ0v) is 17.9. The number of methoxy groups -OCH3 is 3. The van der Waals surface area contributed by atoms with Crippen LogP contribution in [0.2, 0.25) is 0 Å². The van der Waals surface area contributed by atoms with Gasteiger partial charge < -0.3 is 25.3 Å². The molecule has 0 spiro atoms. The number of hydrogen-bond donors (Lipinski definition) is 2. The van der Waals surface area contributed by atoms with Gasteiger partial charge in [-0.1, -0.05) is 6.08 Å². The van der Waals surface area contributed by atoms with E-state index in [1.165, 1.54) is 0 Å². The summed E-state index contributed by atoms with van der Waals surface area (Å²) >= 11 is 0. The van der Waals surface area contributed by atoms with Crippen LogP contribution in [0.1, 0.15) is 22.3 Å². The van der Waals surface area contributed by atoms with E-state index in [9.17, 15) is 9.59 Å². The first kappa shape index (κ1) is 22.2. The lowest BCUT2D eigenvalue weighted by molar-refractivity contribution is -0.117. The molecule has 0 aromatic heterocycles. The summed E-state index contributed by atoms with van der Waals surface area (Å²) in [7, 11) is 4.84. The van der Waals surface area contributed by atoms with E-state index >= 15 is 0 Å². The average Bonchev–Trinajstić information content (AvgIpc) is 2.79. The molecule has 31 heavy (non-hydrogen) atoms. The third kappa shape index (κ3) is 5.35. The number of primary amides is 1. The summed E-state index contributed by atoms with van der Waals surface area (Å²) in [6, 6.07) is 10.2. The van der Waals surface area contributed by atoms with Crippen molar-refractivity contribution in [3.63, 3.8) is 0 Å². The van der Waals surface area contributed by atoms with Crippen molar-refractivity contribution in [3.8, 4) is 17.2 Å². The van der Waals surface area contributed by atoms with Crippen LogP contribution in [0.4, 0.5) is 5.69 Å². The number of carbonyl (C=O) groups is 2. The molecule has 0 radical (unpaired) electrons. The molecule has 0 saturated carbocycles. The van der Waals surface area contributed by atoms with E-state index in [1.807, 2.05) is 12.1 Å². The summed E-state index contributed by atoms with van der Waals surface area (Å²) in [4.78, 5) is 25.6. The number of hydrogen-bond acceptors (Lipinski definition) is 6. The lowest BCUT2D eigenvalue weighted by Gasteiger charge is -2.27. The Morgan fingerprint density at radius 2 is 1.68 bits per heavy atom. The van der Waals surface area contributed by atoms with E-state index in [2.05, 4.69) is 16.3 Å². The van der Waals surface area contributed by atoms with Crippen molar-refractivity contribution in [2.24, 2.45) is 5.73 Å². The number of nitrogens with zero attached hydrogens (tertiary/aromatic N) is 1. The molecule has 8 nitrogen and oxygen atoms in total. The molecule has 0 aliphatic carbocycles. The summed E-state index contributed by atoms with van der Waals surface area (Å²) in [5.41, 5.74) is 8.27. The topological polar surface area (TPSA) is 103 Å². The van der Waals surface area contributed by atoms with Gasteiger partial charge >= 0.3 is 0 Å². The van der Waals surface area contributed by atoms with E-state index in [0.29, 0.717) is 35.0 Å². The molecule has 0 saturated heterocycles. The van der Waals surface area contributed by atoms with Gasteiger partial charge in [0.05, 0.1) is 33.4 Å². The second kappa shape index (κ2) is 9.99. The summed E-state index contributed by atoms with van der Waals surface area (Å²) < 4.78 is 16.4. The first-order chi connectivity index (χ1) is 14.9. The van der Waals surface area contributed by atoms with Crippen molar-refractivity contribution in [1.29, 1.82) is 0 Å². The van der Waals surface area contributed by atoms with Crippen LogP contribution >= 0.6 is 0 Å². The van der Waals surface area contributed by atoms with Gasteiger partial charge in [0.15, 0.2) is 0 Å². The molecule has 0 fully saturated rings. The predicted octanol–water partition coefficient (Wildman–Crippen LogP) is 2.54. The van der Waals surface area contributed by atoms with Crippen LogP contribution in [-0.2, 0) is 4.79 Å². The van der Waals surface area contributed by atoms with E-state index < -0.39 is 5.91 Å². The fourth-order valence-corrected chi connectivity index (χ4v) is 3.53. The van der Waals surface area contributed by atoms with Gasteiger partial charge in [-0.3, -0.25) is 14.5 Å². The van der Waals surface area contributed by atoms with Crippen molar-refractivity contribution in [2.75, 3.05) is 46.3 Å². The highest BCUT2D eigenvalue weighted by Gasteiger charge is 2.22. The monoisotopic (exact) mass is 425 g/mol. The highest BCUT2D eigenvalue weighted by molar-refractivity contribution is 5.95. The third-order valence-electron chi connectivity index (χ3n) is 5.15. The quantitative estimate of drug-likeness (QED) is 0.674. The van der Waals surface area contributed by atoms with Crippen LogP contribution in [0.15, 0.2) is 42.5 Å². The van der Waals surface area contributed by atoms with Crippen LogP contribution in [-0.4, -0.2) is 57.7 Å². The molecule has 2 amide bonds. The molecule has 0 atom stereocenters. The third-order valence-corrected chi connectivity index (χ3v) is 5.15. The molecular weight excluding hydrogens is 398 g/mol. The molecule has 3 rings (SSSR count). The standard InChI is InChI=1S/C23H27N3O5/c1-29-18-12-19(30-2)22(20(13-18)31-3)15-8-10-26(11-9-15)14-21(27)25-17-6-4-16(5-7-17)23(24)28/h4-8,12-13H,9-11,14H2,1-3H3,(H2,24,28)(H,25,27). The van der Waals surface area contributed by atoms with E-state index in [-0.39, 0.29) is 12.5 Å². The maximum atomic E-state index is 12.4. The Hall–Kier alpha value is -3.52. The van der Waals surface area contributed by atoms with Crippen LogP contribution in [0.25, 0.3) is 5.57 Å². The Labute approximate surface area is 181 Å². The molecule has 2 aromatic rings. The van der Waals surface area contributed by atoms with Crippen LogP contribution in [0.5, 0.6) is 17.2 Å². The minimum atomic E-state index is -0.501. The summed E-state index contributed by atoms with van der Waals surface area (Å²) in [5, 5.41) is 2.84. The number of carbonyl (C=O) groups excluding carboxylic acids is 2. The SMILES string of the molecule is COc1cc(OC)c(C2=CCN(CC(=O)Nc3ccc(C(N)=O)cc3)CC2)c(OC)c1. The molecular formula is C23H27N3O5. The zero-order valence-electron chi connectivity index (χ0n) is 17.9. The normalized spacial score (nSPS) is 13.8. The molecule has 8 heteroatoms. The largest absolute Gasteiger partial charge is 0.496 e. The second-order valence-corrected chi connectivity index (χ2v) is 7.11. The van der Waals surface area contributed by atoms with Gasteiger partial charge in [0, 0.05) is 36.5 Å². The summed E-state index contributed by atoms with van der Waals surface area (Å²) in [5.74, 6) is 1.42.